The number of aryl methyl sites for hydroxylation is 1. The Labute approximate surface area is 175 Å². The van der Waals surface area contributed by atoms with Crippen LogP contribution in [0.5, 0.6) is 0 Å². The van der Waals surface area contributed by atoms with E-state index < -0.39 is 12.1 Å². The monoisotopic (exact) mass is 409 g/mol. The van der Waals surface area contributed by atoms with Gasteiger partial charge >= 0.3 is 0 Å². The first kappa shape index (κ1) is 21.5. The number of aromatic nitrogens is 2. The highest BCUT2D eigenvalue weighted by Crippen LogP contribution is 2.25. The third-order valence-corrected chi connectivity index (χ3v) is 5.57. The minimum Gasteiger partial charge on any atom is -0.335 e. The topological polar surface area (TPSA) is 110 Å². The quantitative estimate of drug-likeness (QED) is 0.736. The zero-order valence-electron chi connectivity index (χ0n) is 17.8. The van der Waals surface area contributed by atoms with Gasteiger partial charge in [-0.1, -0.05) is 13.8 Å². The van der Waals surface area contributed by atoms with Gasteiger partial charge in [0.15, 0.2) is 0 Å². The number of fused-ring (bicyclic) bond motifs is 1. The summed E-state index contributed by atoms with van der Waals surface area (Å²) in [6.07, 6.45) is 1.59. The van der Waals surface area contributed by atoms with Crippen molar-refractivity contribution in [1.82, 2.24) is 19.8 Å². The van der Waals surface area contributed by atoms with Crippen LogP contribution in [-0.4, -0.2) is 63.5 Å². The summed E-state index contributed by atoms with van der Waals surface area (Å²) < 4.78 is 0. The van der Waals surface area contributed by atoms with Gasteiger partial charge in [0.1, 0.15) is 29.7 Å². The third-order valence-electron chi connectivity index (χ3n) is 5.57. The third kappa shape index (κ3) is 4.20. The van der Waals surface area contributed by atoms with Crippen molar-refractivity contribution < 1.29 is 14.4 Å². The summed E-state index contributed by atoms with van der Waals surface area (Å²) in [6.45, 7) is 6.05. The van der Waals surface area contributed by atoms with Gasteiger partial charge in [-0.2, -0.15) is 5.26 Å². The van der Waals surface area contributed by atoms with Crippen molar-refractivity contribution in [3.63, 3.8) is 0 Å². The number of rotatable bonds is 6. The van der Waals surface area contributed by atoms with Gasteiger partial charge in [0, 0.05) is 30.6 Å². The van der Waals surface area contributed by atoms with Crippen LogP contribution in [-0.2, 0) is 9.59 Å². The lowest BCUT2D eigenvalue weighted by Gasteiger charge is -2.32. The van der Waals surface area contributed by atoms with Crippen LogP contribution in [0.1, 0.15) is 42.9 Å². The van der Waals surface area contributed by atoms with Gasteiger partial charge in [0.25, 0.3) is 5.91 Å². The maximum Gasteiger partial charge on any atom is 0.270 e. The molecule has 0 saturated carbocycles. The molecule has 0 aliphatic carbocycles. The summed E-state index contributed by atoms with van der Waals surface area (Å²) in [5.41, 5.74) is 1.82. The lowest BCUT2D eigenvalue weighted by Crippen LogP contribution is -2.51. The molecule has 2 amide bonds. The second-order valence-corrected chi connectivity index (χ2v) is 8.40. The van der Waals surface area contributed by atoms with Crippen LogP contribution < -0.4 is 0 Å². The maximum atomic E-state index is 13.3. The van der Waals surface area contributed by atoms with E-state index in [0.29, 0.717) is 24.2 Å². The van der Waals surface area contributed by atoms with Gasteiger partial charge in [0.2, 0.25) is 5.91 Å². The SMILES string of the molecule is Cc1ccc2cc(C(=O)N(C)C(CC(C)C)C(=O)N3CC(C=O)CC3C#N)[nH]c2n1. The van der Waals surface area contributed by atoms with Crippen molar-refractivity contribution >= 4 is 29.1 Å². The molecule has 2 aromatic heterocycles. The summed E-state index contributed by atoms with van der Waals surface area (Å²) in [7, 11) is 1.60. The van der Waals surface area contributed by atoms with E-state index >= 15 is 0 Å². The van der Waals surface area contributed by atoms with Crippen molar-refractivity contribution in [2.75, 3.05) is 13.6 Å². The normalized spacial score (nSPS) is 19.7. The van der Waals surface area contributed by atoms with Crippen molar-refractivity contribution in [1.29, 1.82) is 5.26 Å². The summed E-state index contributed by atoms with van der Waals surface area (Å²) in [4.78, 5) is 48.1. The highest BCUT2D eigenvalue weighted by atomic mass is 16.2. The number of likely N-dealkylation sites (tertiary alicyclic amines) is 1. The van der Waals surface area contributed by atoms with Gasteiger partial charge in [0.05, 0.1) is 6.07 Å². The number of hydrogen-bond donors (Lipinski definition) is 1. The number of hydrogen-bond acceptors (Lipinski definition) is 5. The van der Waals surface area contributed by atoms with Crippen LogP contribution >= 0.6 is 0 Å². The van der Waals surface area contributed by atoms with Gasteiger partial charge in [-0.3, -0.25) is 9.59 Å². The van der Waals surface area contributed by atoms with Gasteiger partial charge in [-0.15, -0.1) is 0 Å². The molecule has 0 bridgehead atoms. The second-order valence-electron chi connectivity index (χ2n) is 8.40. The van der Waals surface area contributed by atoms with Crippen molar-refractivity contribution in [3.8, 4) is 6.07 Å². The number of pyridine rings is 1. The Morgan fingerprint density at radius 3 is 2.80 bits per heavy atom. The second kappa shape index (κ2) is 8.66. The number of aldehydes is 1. The van der Waals surface area contributed by atoms with Gasteiger partial charge in [-0.05, 0) is 43.9 Å². The Morgan fingerprint density at radius 2 is 2.17 bits per heavy atom. The van der Waals surface area contributed by atoms with E-state index in [1.165, 1.54) is 9.80 Å². The molecule has 3 heterocycles. The molecule has 1 N–H and O–H groups in total. The van der Waals surface area contributed by atoms with Crippen molar-refractivity contribution in [2.24, 2.45) is 11.8 Å². The Balaban J connectivity index is 1.88. The average molecular weight is 409 g/mol. The van der Waals surface area contributed by atoms with Crippen LogP contribution in [0.15, 0.2) is 18.2 Å². The van der Waals surface area contributed by atoms with E-state index in [1.807, 2.05) is 32.9 Å². The smallest absolute Gasteiger partial charge is 0.270 e. The van der Waals surface area contributed by atoms with Crippen molar-refractivity contribution in [3.05, 3.63) is 29.6 Å². The number of likely N-dealkylation sites (N-methyl/N-ethyl adjacent to an activating group) is 1. The predicted octanol–water partition coefficient (Wildman–Crippen LogP) is 2.30. The first-order valence-corrected chi connectivity index (χ1v) is 10.1. The number of nitrogens with one attached hydrogen (secondary N) is 1. The molecule has 1 aliphatic heterocycles. The molecular formula is C22H27N5O3. The highest BCUT2D eigenvalue weighted by Gasteiger charge is 2.40. The predicted molar refractivity (Wildman–Crippen MR) is 111 cm³/mol. The first-order chi connectivity index (χ1) is 14.2. The number of carbonyl (C=O) groups is 3. The minimum atomic E-state index is -0.722. The summed E-state index contributed by atoms with van der Waals surface area (Å²) in [5, 5.41) is 10.3. The zero-order valence-corrected chi connectivity index (χ0v) is 17.8. The molecule has 3 rings (SSSR count). The zero-order chi connectivity index (χ0) is 22.0. The Morgan fingerprint density at radius 1 is 1.43 bits per heavy atom. The fraction of sp³-hybridized carbons (Fsp3) is 0.500. The molecule has 1 saturated heterocycles. The summed E-state index contributed by atoms with van der Waals surface area (Å²) >= 11 is 0. The van der Waals surface area contributed by atoms with Crippen LogP contribution in [0.25, 0.3) is 11.0 Å². The molecule has 1 aliphatic rings. The van der Waals surface area contributed by atoms with Gasteiger partial charge < -0.3 is 19.6 Å². The Hall–Kier alpha value is -3.21. The molecule has 1 fully saturated rings. The molecular weight excluding hydrogens is 382 g/mol. The number of carbonyl (C=O) groups excluding carboxylic acids is 3. The maximum absolute atomic E-state index is 13.3. The standard InChI is InChI=1S/C22H27N5O3/c1-13(2)7-19(22(30)27-11-15(12-28)8-17(27)10-23)26(4)21(29)18-9-16-6-5-14(3)24-20(16)25-18/h5-6,9,12-13,15,17,19H,7-8,11H2,1-4H3,(H,24,25). The Kier molecular flexibility index (Phi) is 6.20. The number of nitriles is 1. The molecule has 3 atom stereocenters. The molecule has 2 aromatic rings. The molecule has 0 radical (unpaired) electrons. The molecule has 0 spiro atoms. The summed E-state index contributed by atoms with van der Waals surface area (Å²) in [5.74, 6) is -0.793. The fourth-order valence-corrected chi connectivity index (χ4v) is 3.95. The molecule has 3 unspecified atom stereocenters. The van der Waals surface area contributed by atoms with E-state index in [0.717, 1.165) is 17.4 Å². The Bertz CT molecular complexity index is 1010. The average Bonchev–Trinajstić information content (AvgIpc) is 3.33. The fourth-order valence-electron chi connectivity index (χ4n) is 3.95. The summed E-state index contributed by atoms with van der Waals surface area (Å²) in [6, 6.07) is 6.24. The van der Waals surface area contributed by atoms with E-state index in [1.54, 1.807) is 13.1 Å². The molecule has 0 aromatic carbocycles. The largest absolute Gasteiger partial charge is 0.335 e. The van der Waals surface area contributed by atoms with Crippen LogP contribution in [0, 0.1) is 30.1 Å². The van der Waals surface area contributed by atoms with E-state index in [4.69, 9.17) is 0 Å². The van der Waals surface area contributed by atoms with Crippen LogP contribution in [0.2, 0.25) is 0 Å². The minimum absolute atomic E-state index is 0.159. The van der Waals surface area contributed by atoms with E-state index in [-0.39, 0.29) is 30.2 Å². The number of amides is 2. The van der Waals surface area contributed by atoms with Crippen LogP contribution in [0.3, 0.4) is 0 Å². The first-order valence-electron chi connectivity index (χ1n) is 10.1. The molecule has 8 nitrogen and oxygen atoms in total. The number of nitrogens with zero attached hydrogens (tertiary/aromatic N) is 4. The number of H-pyrrole nitrogens is 1. The van der Waals surface area contributed by atoms with Crippen molar-refractivity contribution in [2.45, 2.75) is 45.7 Å². The lowest BCUT2D eigenvalue weighted by molar-refractivity contribution is -0.136. The molecule has 8 heteroatoms. The molecule has 30 heavy (non-hydrogen) atoms. The lowest BCUT2D eigenvalue weighted by atomic mass is 10.0. The van der Waals surface area contributed by atoms with E-state index in [2.05, 4.69) is 16.0 Å². The van der Waals surface area contributed by atoms with E-state index in [9.17, 15) is 19.6 Å². The number of aromatic amines is 1. The van der Waals surface area contributed by atoms with Crippen LogP contribution in [0.4, 0.5) is 0 Å². The van der Waals surface area contributed by atoms with Gasteiger partial charge in [-0.25, -0.2) is 4.98 Å². The highest BCUT2D eigenvalue weighted by molar-refractivity contribution is 5.99. The molecule has 158 valence electrons.